The van der Waals surface area contributed by atoms with E-state index in [4.69, 9.17) is 21.7 Å². The molecule has 7 nitrogen and oxygen atoms in total. The van der Waals surface area contributed by atoms with Crippen LogP contribution in [0.5, 0.6) is 5.75 Å². The minimum atomic E-state index is -0.350. The maximum Gasteiger partial charge on any atom is 0.257 e. The molecule has 0 aromatic heterocycles. The molecule has 0 saturated heterocycles. The van der Waals surface area contributed by atoms with Crippen LogP contribution in [0.3, 0.4) is 0 Å². The van der Waals surface area contributed by atoms with Crippen molar-refractivity contribution in [3.05, 3.63) is 52.5 Å². The van der Waals surface area contributed by atoms with Crippen molar-refractivity contribution in [1.82, 2.24) is 5.32 Å². The molecule has 0 fully saturated rings. The molecule has 0 heterocycles. The van der Waals surface area contributed by atoms with E-state index in [2.05, 4.69) is 31.9 Å². The van der Waals surface area contributed by atoms with Crippen LogP contribution in [0.2, 0.25) is 0 Å². The van der Waals surface area contributed by atoms with Gasteiger partial charge in [0.2, 0.25) is 5.91 Å². The number of thiocarbonyl (C=S) groups is 1. The molecule has 2 rings (SSSR count). The lowest BCUT2D eigenvalue weighted by atomic mass is 10.2. The number of rotatable bonds is 7. The number of nitrogens with one attached hydrogen (secondary N) is 3. The lowest BCUT2D eigenvalue weighted by Crippen LogP contribution is -2.34. The number of amides is 2. The quantitative estimate of drug-likeness (QED) is 0.427. The number of halogens is 1. The van der Waals surface area contributed by atoms with E-state index in [9.17, 15) is 9.59 Å². The number of hydrogen-bond donors (Lipinski definition) is 3. The largest absolute Gasteiger partial charge is 0.490 e. The van der Waals surface area contributed by atoms with E-state index >= 15 is 0 Å². The summed E-state index contributed by atoms with van der Waals surface area (Å²) in [5.74, 6) is 0.120. The molecule has 0 aliphatic heterocycles. The summed E-state index contributed by atoms with van der Waals surface area (Å²) in [4.78, 5) is 23.4. The van der Waals surface area contributed by atoms with Crippen LogP contribution in [0.15, 0.2) is 46.9 Å². The average molecular weight is 466 g/mol. The highest BCUT2D eigenvalue weighted by Gasteiger charge is 2.11. The van der Waals surface area contributed by atoms with Crippen LogP contribution in [0.25, 0.3) is 0 Å². The molecule has 9 heteroatoms. The van der Waals surface area contributed by atoms with Crippen LogP contribution in [0.4, 0.5) is 11.4 Å². The lowest BCUT2D eigenvalue weighted by Gasteiger charge is -2.12. The molecule has 0 atom stereocenters. The molecule has 0 radical (unpaired) electrons. The van der Waals surface area contributed by atoms with Gasteiger partial charge in [-0.15, -0.1) is 0 Å². The van der Waals surface area contributed by atoms with Gasteiger partial charge in [-0.05, 0) is 70.6 Å². The van der Waals surface area contributed by atoms with Gasteiger partial charge in [0.05, 0.1) is 11.1 Å². The Morgan fingerprint density at radius 3 is 2.25 bits per heavy atom. The maximum atomic E-state index is 12.4. The summed E-state index contributed by atoms with van der Waals surface area (Å²) in [5, 5.41) is 8.38. The van der Waals surface area contributed by atoms with E-state index in [1.54, 1.807) is 49.6 Å². The van der Waals surface area contributed by atoms with Gasteiger partial charge >= 0.3 is 0 Å². The van der Waals surface area contributed by atoms with E-state index in [1.165, 1.54) is 6.92 Å². The normalized spacial score (nSPS) is 10.1. The first-order valence-electron chi connectivity index (χ1n) is 8.30. The van der Waals surface area contributed by atoms with E-state index in [-0.39, 0.29) is 16.9 Å². The summed E-state index contributed by atoms with van der Waals surface area (Å²) in [7, 11) is 1.60. The van der Waals surface area contributed by atoms with E-state index in [0.29, 0.717) is 40.4 Å². The van der Waals surface area contributed by atoms with Crippen molar-refractivity contribution in [2.75, 3.05) is 31.0 Å². The first kappa shape index (κ1) is 21.8. The Hall–Kier alpha value is -2.49. The summed E-state index contributed by atoms with van der Waals surface area (Å²) < 4.78 is 11.1. The minimum Gasteiger partial charge on any atom is -0.490 e. The van der Waals surface area contributed by atoms with Crippen LogP contribution in [0, 0.1) is 0 Å². The standard InChI is InChI=1S/C19H20BrN3O4S/c1-12(24)21-14-4-6-15(7-5-14)22-19(28)23-18(25)13-3-8-17(16(20)11-13)27-10-9-26-2/h3-8,11H,9-10H2,1-2H3,(H,21,24)(H2,22,23,25,28). The van der Waals surface area contributed by atoms with Crippen LogP contribution in [0.1, 0.15) is 17.3 Å². The van der Waals surface area contributed by atoms with Gasteiger partial charge in [0.1, 0.15) is 12.4 Å². The highest BCUT2D eigenvalue weighted by atomic mass is 79.9. The zero-order valence-electron chi connectivity index (χ0n) is 15.4. The Kier molecular flexibility index (Phi) is 8.37. The van der Waals surface area contributed by atoms with Crippen LogP contribution in [-0.4, -0.2) is 37.3 Å². The second-order valence-electron chi connectivity index (χ2n) is 5.65. The van der Waals surface area contributed by atoms with Gasteiger partial charge in [-0.25, -0.2) is 0 Å². The molecule has 0 spiro atoms. The highest BCUT2D eigenvalue weighted by molar-refractivity contribution is 9.10. The van der Waals surface area contributed by atoms with Crippen molar-refractivity contribution in [2.24, 2.45) is 0 Å². The van der Waals surface area contributed by atoms with Crippen molar-refractivity contribution in [2.45, 2.75) is 6.92 Å². The molecule has 28 heavy (non-hydrogen) atoms. The van der Waals surface area contributed by atoms with Crippen molar-refractivity contribution in [3.63, 3.8) is 0 Å². The summed E-state index contributed by atoms with van der Waals surface area (Å²) in [6, 6.07) is 11.9. The zero-order chi connectivity index (χ0) is 20.5. The Morgan fingerprint density at radius 1 is 1.04 bits per heavy atom. The van der Waals surface area contributed by atoms with Crippen LogP contribution < -0.4 is 20.7 Å². The predicted molar refractivity (Wildman–Crippen MR) is 116 cm³/mol. The Labute approximate surface area is 176 Å². The Morgan fingerprint density at radius 2 is 1.68 bits per heavy atom. The first-order chi connectivity index (χ1) is 13.4. The fourth-order valence-electron chi connectivity index (χ4n) is 2.17. The number of hydrogen-bond acceptors (Lipinski definition) is 5. The van der Waals surface area contributed by atoms with Gasteiger partial charge in [0.25, 0.3) is 5.91 Å². The van der Waals surface area contributed by atoms with Gasteiger partial charge in [-0.2, -0.15) is 0 Å². The molecule has 2 aromatic rings. The fraction of sp³-hybridized carbons (Fsp3) is 0.211. The van der Waals surface area contributed by atoms with Crippen molar-refractivity contribution >= 4 is 56.4 Å². The van der Waals surface area contributed by atoms with Gasteiger partial charge in [-0.3, -0.25) is 14.9 Å². The number of carbonyl (C=O) groups excluding carboxylic acids is 2. The summed E-state index contributed by atoms with van der Waals surface area (Å²) in [5.41, 5.74) is 1.78. The molecular formula is C19H20BrN3O4S. The number of carbonyl (C=O) groups is 2. The smallest absolute Gasteiger partial charge is 0.257 e. The molecule has 0 bridgehead atoms. The predicted octanol–water partition coefficient (Wildman–Crippen LogP) is 3.56. The van der Waals surface area contributed by atoms with E-state index < -0.39 is 0 Å². The maximum absolute atomic E-state index is 12.4. The molecule has 2 amide bonds. The third-order valence-electron chi connectivity index (χ3n) is 3.43. The summed E-state index contributed by atoms with van der Waals surface area (Å²) in [6.45, 7) is 2.32. The summed E-state index contributed by atoms with van der Waals surface area (Å²) >= 11 is 8.57. The van der Waals surface area contributed by atoms with E-state index in [0.717, 1.165) is 0 Å². The van der Waals surface area contributed by atoms with Gasteiger partial charge in [0.15, 0.2) is 5.11 Å². The zero-order valence-corrected chi connectivity index (χ0v) is 17.8. The third kappa shape index (κ3) is 6.91. The average Bonchev–Trinajstić information content (AvgIpc) is 2.64. The Bertz CT molecular complexity index is 859. The highest BCUT2D eigenvalue weighted by Crippen LogP contribution is 2.26. The molecule has 0 aliphatic carbocycles. The van der Waals surface area contributed by atoms with Crippen LogP contribution in [-0.2, 0) is 9.53 Å². The number of benzene rings is 2. The minimum absolute atomic E-state index is 0.148. The molecule has 3 N–H and O–H groups in total. The monoisotopic (exact) mass is 465 g/mol. The van der Waals surface area contributed by atoms with E-state index in [1.807, 2.05) is 0 Å². The summed E-state index contributed by atoms with van der Waals surface area (Å²) in [6.07, 6.45) is 0. The van der Waals surface area contributed by atoms with Gasteiger partial charge in [0, 0.05) is 31.0 Å². The third-order valence-corrected chi connectivity index (χ3v) is 4.25. The Balaban J connectivity index is 1.92. The van der Waals surface area contributed by atoms with Gasteiger partial charge < -0.3 is 20.1 Å². The molecule has 0 aliphatic rings. The fourth-order valence-corrected chi connectivity index (χ4v) is 2.88. The topological polar surface area (TPSA) is 88.7 Å². The van der Waals surface area contributed by atoms with Crippen molar-refractivity contribution < 1.29 is 19.1 Å². The molecule has 0 unspecified atom stereocenters. The SMILES string of the molecule is COCCOc1ccc(C(=O)NC(=S)Nc2ccc(NC(C)=O)cc2)cc1Br. The number of ether oxygens (including phenoxy) is 2. The molecule has 2 aromatic carbocycles. The second kappa shape index (κ2) is 10.7. The number of anilines is 2. The lowest BCUT2D eigenvalue weighted by molar-refractivity contribution is -0.114. The van der Waals surface area contributed by atoms with Crippen LogP contribution >= 0.6 is 28.1 Å². The van der Waals surface area contributed by atoms with Crippen molar-refractivity contribution in [3.8, 4) is 5.75 Å². The number of methoxy groups -OCH3 is 1. The first-order valence-corrected chi connectivity index (χ1v) is 9.50. The molecule has 148 valence electrons. The molecular weight excluding hydrogens is 446 g/mol. The van der Waals surface area contributed by atoms with Crippen molar-refractivity contribution in [1.29, 1.82) is 0 Å². The second-order valence-corrected chi connectivity index (χ2v) is 6.92. The van der Waals surface area contributed by atoms with Gasteiger partial charge in [-0.1, -0.05) is 0 Å². The molecule has 0 saturated carbocycles.